The van der Waals surface area contributed by atoms with Crippen LogP contribution in [0.25, 0.3) is 97.9 Å². The Morgan fingerprint density at radius 2 is 1.10 bits per heavy atom. The van der Waals surface area contributed by atoms with E-state index in [0.717, 1.165) is 76.3 Å². The Kier molecular flexibility index (Phi) is 6.05. The summed E-state index contributed by atoms with van der Waals surface area (Å²) in [5.41, 5.74) is 10.4. The number of nitrogens with zero attached hydrogens (tertiary/aromatic N) is 2. The number of rotatable bonds is 4. The maximum absolute atomic E-state index is 6.64. The van der Waals surface area contributed by atoms with Crippen LogP contribution in [0.1, 0.15) is 0 Å². The van der Waals surface area contributed by atoms with Crippen LogP contribution in [0.4, 0.5) is 0 Å². The van der Waals surface area contributed by atoms with Gasteiger partial charge in [-0.3, -0.25) is 0 Å². The number of fused-ring (bicyclic) bond motifs is 8. The molecule has 224 valence electrons. The van der Waals surface area contributed by atoms with Gasteiger partial charge in [0.1, 0.15) is 11.2 Å². The van der Waals surface area contributed by atoms with Crippen molar-refractivity contribution < 1.29 is 4.42 Å². The molecule has 0 unspecified atom stereocenters. The van der Waals surface area contributed by atoms with E-state index in [1.807, 2.05) is 12.1 Å². The van der Waals surface area contributed by atoms with E-state index in [9.17, 15) is 0 Å². The summed E-state index contributed by atoms with van der Waals surface area (Å²) in [5.74, 6) is 0.704. The Balaban J connectivity index is 1.29. The van der Waals surface area contributed by atoms with E-state index < -0.39 is 0 Å². The van der Waals surface area contributed by atoms with Crippen molar-refractivity contribution in [3.63, 3.8) is 0 Å². The Morgan fingerprint density at radius 3 is 1.92 bits per heavy atom. The highest BCUT2D eigenvalue weighted by Gasteiger charge is 2.22. The number of furan rings is 1. The third kappa shape index (κ3) is 4.20. The summed E-state index contributed by atoms with van der Waals surface area (Å²) in [6.07, 6.45) is 0. The van der Waals surface area contributed by atoms with E-state index >= 15 is 0 Å². The SMILES string of the molecule is c1ccc(-c2ccc(-c3nc(-c4cc5c6ccccc6oc5c5c(-c6ccccc6)cccc45)nc4c3sc3ccccc34)cc2)cc1. The number of hydrogen-bond acceptors (Lipinski definition) is 4. The molecule has 0 aliphatic carbocycles. The number of thiophene rings is 1. The first-order chi connectivity index (χ1) is 23.8. The molecule has 3 nitrogen and oxygen atoms in total. The topological polar surface area (TPSA) is 38.9 Å². The molecular weight excluding hydrogens is 605 g/mol. The van der Waals surface area contributed by atoms with Crippen LogP contribution in [0.15, 0.2) is 162 Å². The fraction of sp³-hybridized carbons (Fsp3) is 0. The molecule has 48 heavy (non-hydrogen) atoms. The number of hydrogen-bond donors (Lipinski definition) is 0. The van der Waals surface area contributed by atoms with Crippen LogP contribution in [0, 0.1) is 0 Å². The van der Waals surface area contributed by atoms with Gasteiger partial charge in [-0.15, -0.1) is 11.3 Å². The predicted molar refractivity (Wildman–Crippen MR) is 201 cm³/mol. The summed E-state index contributed by atoms with van der Waals surface area (Å²) in [4.78, 5) is 10.8. The molecule has 10 aromatic rings. The molecule has 0 atom stereocenters. The van der Waals surface area contributed by atoms with Crippen LogP contribution in [-0.4, -0.2) is 9.97 Å². The molecule has 3 aromatic heterocycles. The van der Waals surface area contributed by atoms with Gasteiger partial charge in [0, 0.05) is 37.4 Å². The first-order valence-corrected chi connectivity index (χ1v) is 16.9. The van der Waals surface area contributed by atoms with Crippen molar-refractivity contribution in [3.8, 4) is 44.9 Å². The highest BCUT2D eigenvalue weighted by Crippen LogP contribution is 2.45. The molecule has 0 aliphatic rings. The van der Waals surface area contributed by atoms with Crippen molar-refractivity contribution in [3.05, 3.63) is 158 Å². The van der Waals surface area contributed by atoms with Crippen molar-refractivity contribution in [1.82, 2.24) is 9.97 Å². The molecule has 4 heteroatoms. The van der Waals surface area contributed by atoms with Gasteiger partial charge < -0.3 is 4.42 Å². The summed E-state index contributed by atoms with van der Waals surface area (Å²) in [6.45, 7) is 0. The van der Waals surface area contributed by atoms with Crippen molar-refractivity contribution in [2.75, 3.05) is 0 Å². The molecule has 0 aliphatic heterocycles. The van der Waals surface area contributed by atoms with Crippen LogP contribution in [-0.2, 0) is 0 Å². The van der Waals surface area contributed by atoms with E-state index in [-0.39, 0.29) is 0 Å². The quantitative estimate of drug-likeness (QED) is 0.194. The third-order valence-electron chi connectivity index (χ3n) is 9.32. The van der Waals surface area contributed by atoms with Gasteiger partial charge >= 0.3 is 0 Å². The van der Waals surface area contributed by atoms with E-state index in [1.165, 1.54) is 15.8 Å². The molecule has 10 rings (SSSR count). The van der Waals surface area contributed by atoms with Crippen LogP contribution in [0.2, 0.25) is 0 Å². The smallest absolute Gasteiger partial charge is 0.161 e. The highest BCUT2D eigenvalue weighted by atomic mass is 32.1. The molecule has 0 N–H and O–H groups in total. The lowest BCUT2D eigenvalue weighted by Gasteiger charge is -2.13. The second kappa shape index (κ2) is 10.7. The molecule has 0 saturated carbocycles. The summed E-state index contributed by atoms with van der Waals surface area (Å²) >= 11 is 1.76. The van der Waals surface area contributed by atoms with E-state index in [0.29, 0.717) is 5.82 Å². The van der Waals surface area contributed by atoms with Gasteiger partial charge in [-0.25, -0.2) is 9.97 Å². The predicted octanol–water partition coefficient (Wildman–Crippen LogP) is 12.6. The first kappa shape index (κ1) is 27.1. The lowest BCUT2D eigenvalue weighted by atomic mass is 9.93. The third-order valence-corrected chi connectivity index (χ3v) is 10.5. The van der Waals surface area contributed by atoms with Gasteiger partial charge in [0.2, 0.25) is 0 Å². The van der Waals surface area contributed by atoms with Gasteiger partial charge in [-0.1, -0.05) is 140 Å². The summed E-state index contributed by atoms with van der Waals surface area (Å²) in [5, 5.41) is 5.42. The van der Waals surface area contributed by atoms with Crippen molar-refractivity contribution in [1.29, 1.82) is 0 Å². The van der Waals surface area contributed by atoms with Gasteiger partial charge in [0.05, 0.1) is 15.9 Å². The van der Waals surface area contributed by atoms with Gasteiger partial charge in [-0.05, 0) is 45.8 Å². The van der Waals surface area contributed by atoms with Crippen LogP contribution >= 0.6 is 11.3 Å². The van der Waals surface area contributed by atoms with Crippen LogP contribution < -0.4 is 0 Å². The molecule has 0 saturated heterocycles. The molecular formula is C44H26N2OS. The van der Waals surface area contributed by atoms with Crippen LogP contribution in [0.5, 0.6) is 0 Å². The van der Waals surface area contributed by atoms with Crippen molar-refractivity contribution in [2.24, 2.45) is 0 Å². The van der Waals surface area contributed by atoms with Crippen LogP contribution in [0.3, 0.4) is 0 Å². The second-order valence-corrected chi connectivity index (χ2v) is 13.2. The maximum Gasteiger partial charge on any atom is 0.161 e. The van der Waals surface area contributed by atoms with E-state index in [4.69, 9.17) is 14.4 Å². The highest BCUT2D eigenvalue weighted by molar-refractivity contribution is 7.26. The summed E-state index contributed by atoms with van der Waals surface area (Å²) in [7, 11) is 0. The fourth-order valence-electron chi connectivity index (χ4n) is 7.04. The Labute approximate surface area is 280 Å². The molecule has 0 spiro atoms. The number of para-hydroxylation sites is 1. The molecule has 0 bridgehead atoms. The van der Waals surface area contributed by atoms with E-state index in [2.05, 4.69) is 146 Å². The Morgan fingerprint density at radius 1 is 0.458 bits per heavy atom. The minimum Gasteiger partial charge on any atom is -0.455 e. The minimum atomic E-state index is 0.704. The lowest BCUT2D eigenvalue weighted by molar-refractivity contribution is 0.673. The monoisotopic (exact) mass is 630 g/mol. The first-order valence-electron chi connectivity index (χ1n) is 16.1. The van der Waals surface area contributed by atoms with Crippen molar-refractivity contribution >= 4 is 64.4 Å². The molecule has 0 fully saturated rings. The number of benzene rings is 7. The normalized spacial score (nSPS) is 11.8. The zero-order chi connectivity index (χ0) is 31.6. The minimum absolute atomic E-state index is 0.704. The lowest BCUT2D eigenvalue weighted by Crippen LogP contribution is -1.95. The van der Waals surface area contributed by atoms with Gasteiger partial charge in [-0.2, -0.15) is 0 Å². The van der Waals surface area contributed by atoms with Crippen molar-refractivity contribution in [2.45, 2.75) is 0 Å². The largest absolute Gasteiger partial charge is 0.455 e. The van der Waals surface area contributed by atoms with Gasteiger partial charge in [0.15, 0.2) is 5.82 Å². The Hall–Kier alpha value is -6.10. The fourth-order valence-corrected chi connectivity index (χ4v) is 8.19. The summed E-state index contributed by atoms with van der Waals surface area (Å²) in [6, 6.07) is 55.3. The summed E-state index contributed by atoms with van der Waals surface area (Å²) < 4.78 is 8.93. The Bertz CT molecular complexity index is 2820. The standard InChI is InChI=1S/C44H26N2OS/c1-3-12-27(13-4-1)28-22-24-30(25-23-28)40-43-41(34-17-8-10-21-38(34)48-43)46-44(45-40)36-26-35-32-16-7-9-20-37(32)47-42(35)39-31(18-11-19-33(36)39)29-14-5-2-6-15-29/h1-26H. The zero-order valence-electron chi connectivity index (χ0n) is 25.7. The zero-order valence-corrected chi connectivity index (χ0v) is 26.5. The van der Waals surface area contributed by atoms with E-state index in [1.54, 1.807) is 11.3 Å². The molecule has 0 radical (unpaired) electrons. The maximum atomic E-state index is 6.64. The average Bonchev–Trinajstić information content (AvgIpc) is 3.73. The number of aromatic nitrogens is 2. The second-order valence-electron chi connectivity index (χ2n) is 12.1. The van der Waals surface area contributed by atoms with Gasteiger partial charge in [0.25, 0.3) is 0 Å². The average molecular weight is 631 g/mol. The molecule has 0 amide bonds. The molecule has 7 aromatic carbocycles. The molecule has 3 heterocycles.